The Kier molecular flexibility index (Phi) is 12.1. The fourth-order valence-electron chi connectivity index (χ4n) is 5.01. The van der Waals surface area contributed by atoms with Gasteiger partial charge in [-0.15, -0.1) is 0 Å². The van der Waals surface area contributed by atoms with Gasteiger partial charge in [0.25, 0.3) is 0 Å². The number of esters is 4. The molecule has 0 fully saturated rings. The molecule has 52 heavy (non-hydrogen) atoms. The van der Waals surface area contributed by atoms with Crippen molar-refractivity contribution in [3.05, 3.63) is 179 Å². The van der Waals surface area contributed by atoms with Gasteiger partial charge in [-0.05, 0) is 103 Å². The van der Waals surface area contributed by atoms with Gasteiger partial charge in [-0.25, -0.2) is 19.2 Å². The molecule has 0 bridgehead atoms. The van der Waals surface area contributed by atoms with E-state index in [1.54, 1.807) is 42.5 Å². The summed E-state index contributed by atoms with van der Waals surface area (Å²) in [5.41, 5.74) is 8.03. The van der Waals surface area contributed by atoms with Crippen LogP contribution in [0.3, 0.4) is 0 Å². The minimum atomic E-state index is -0.529. The van der Waals surface area contributed by atoms with Gasteiger partial charge in [0.15, 0.2) is 0 Å². The molecule has 8 nitrogen and oxygen atoms in total. The first-order valence-corrected chi connectivity index (χ1v) is 16.3. The van der Waals surface area contributed by atoms with Crippen molar-refractivity contribution < 1.29 is 38.1 Å². The van der Waals surface area contributed by atoms with Crippen LogP contribution in [0.25, 0.3) is 22.3 Å². The maximum Gasteiger partial charge on any atom is 0.343 e. The zero-order chi connectivity index (χ0) is 37.0. The number of carbonyl (C=O) groups excluding carboxylic acids is 4. The summed E-state index contributed by atoms with van der Waals surface area (Å²) in [4.78, 5) is 47.5. The van der Waals surface area contributed by atoms with Crippen molar-refractivity contribution in [3.8, 4) is 33.8 Å². The van der Waals surface area contributed by atoms with Gasteiger partial charge in [-0.1, -0.05) is 90.0 Å². The second kappa shape index (κ2) is 17.2. The van der Waals surface area contributed by atoms with E-state index in [1.165, 1.54) is 55.7 Å². The summed E-state index contributed by atoms with van der Waals surface area (Å²) >= 11 is 0. The summed E-state index contributed by atoms with van der Waals surface area (Å²) < 4.78 is 20.1. The van der Waals surface area contributed by atoms with E-state index in [4.69, 9.17) is 9.47 Å². The lowest BCUT2D eigenvalue weighted by Gasteiger charge is -2.07. The Morgan fingerprint density at radius 3 is 1.06 bits per heavy atom. The molecule has 0 aliphatic rings. The highest BCUT2D eigenvalue weighted by atomic mass is 16.5. The molecule has 0 radical (unpaired) electrons. The van der Waals surface area contributed by atoms with Crippen LogP contribution in [-0.2, 0) is 9.47 Å². The quantitative estimate of drug-likeness (QED) is 0.115. The van der Waals surface area contributed by atoms with Crippen LogP contribution in [0.4, 0.5) is 0 Å². The fraction of sp³-hybridized carbons (Fsp3) is 0.0909. The minimum absolute atomic E-state index is 0.288. The monoisotopic (exact) mass is 692 g/mol. The zero-order valence-corrected chi connectivity index (χ0v) is 29.1. The number of aryl methyl sites for hydroxylation is 2. The van der Waals surface area contributed by atoms with Crippen LogP contribution in [0, 0.1) is 13.8 Å². The van der Waals surface area contributed by atoms with Crippen LogP contribution in [0.1, 0.15) is 52.6 Å². The van der Waals surface area contributed by atoms with Gasteiger partial charge in [0.2, 0.25) is 0 Å². The van der Waals surface area contributed by atoms with E-state index in [1.807, 2.05) is 38.1 Å². The smallest absolute Gasteiger partial charge is 0.343 e. The van der Waals surface area contributed by atoms with E-state index in [0.717, 1.165) is 22.3 Å². The molecule has 8 heteroatoms. The predicted octanol–water partition coefficient (Wildman–Crippen LogP) is 9.34. The van der Waals surface area contributed by atoms with E-state index in [2.05, 4.69) is 58.0 Å². The van der Waals surface area contributed by atoms with E-state index >= 15 is 0 Å². The Morgan fingerprint density at radius 1 is 0.365 bits per heavy atom. The molecule has 0 unspecified atom stereocenters. The van der Waals surface area contributed by atoms with Crippen LogP contribution >= 0.6 is 0 Å². The van der Waals surface area contributed by atoms with Gasteiger partial charge in [0, 0.05) is 0 Å². The van der Waals surface area contributed by atoms with E-state index in [0.29, 0.717) is 28.2 Å². The maximum absolute atomic E-state index is 12.3. The molecule has 0 saturated heterocycles. The summed E-state index contributed by atoms with van der Waals surface area (Å²) in [5, 5.41) is 0. The molecule has 0 spiro atoms. The number of hydrogen-bond donors (Lipinski definition) is 0. The average molecular weight is 693 g/mol. The highest BCUT2D eigenvalue weighted by Gasteiger charge is 2.14. The molecule has 0 amide bonds. The topological polar surface area (TPSA) is 105 Å². The molecule has 0 aliphatic carbocycles. The maximum atomic E-state index is 12.3. The van der Waals surface area contributed by atoms with Crippen molar-refractivity contribution in [1.82, 2.24) is 0 Å². The normalized spacial score (nSPS) is 10.2. The molecule has 0 saturated carbocycles. The van der Waals surface area contributed by atoms with Gasteiger partial charge in [0.1, 0.15) is 11.5 Å². The number of hydrogen-bond acceptors (Lipinski definition) is 8. The Hall–Kier alpha value is -6.80. The molecule has 0 atom stereocenters. The summed E-state index contributed by atoms with van der Waals surface area (Å²) in [7, 11) is 2.60. The van der Waals surface area contributed by atoms with Gasteiger partial charge in [0.05, 0.1) is 36.5 Å². The molecular formula is C44H36O8. The molecule has 0 aliphatic heterocycles. The molecule has 0 heterocycles. The fourth-order valence-corrected chi connectivity index (χ4v) is 5.01. The molecule has 0 aromatic heterocycles. The summed E-state index contributed by atoms with van der Waals surface area (Å²) in [6, 6.07) is 43.4. The van der Waals surface area contributed by atoms with Crippen molar-refractivity contribution in [2.45, 2.75) is 13.8 Å². The number of methoxy groups -OCH3 is 2. The average Bonchev–Trinajstić information content (AvgIpc) is 3.19. The Balaban J connectivity index is 0.000000201. The Bertz CT molecular complexity index is 2150. The first kappa shape index (κ1) is 36.5. The number of ether oxygens (including phenoxy) is 4. The summed E-state index contributed by atoms with van der Waals surface area (Å²) in [6.45, 7) is 4.09. The predicted molar refractivity (Wildman–Crippen MR) is 199 cm³/mol. The van der Waals surface area contributed by atoms with Crippen LogP contribution in [0.2, 0.25) is 0 Å². The molecule has 0 N–H and O–H groups in total. The van der Waals surface area contributed by atoms with Crippen molar-refractivity contribution in [1.29, 1.82) is 0 Å². The Labute approximate surface area is 302 Å². The minimum Gasteiger partial charge on any atom is -0.465 e. The third-order valence-corrected chi connectivity index (χ3v) is 7.96. The van der Waals surface area contributed by atoms with Gasteiger partial charge < -0.3 is 18.9 Å². The van der Waals surface area contributed by atoms with E-state index in [-0.39, 0.29) is 5.56 Å². The molecule has 6 rings (SSSR count). The van der Waals surface area contributed by atoms with Crippen LogP contribution in [0.15, 0.2) is 146 Å². The van der Waals surface area contributed by atoms with Gasteiger partial charge >= 0.3 is 23.9 Å². The van der Waals surface area contributed by atoms with Crippen molar-refractivity contribution in [2.24, 2.45) is 0 Å². The summed E-state index contributed by atoms with van der Waals surface area (Å²) in [6.07, 6.45) is 0. The van der Waals surface area contributed by atoms with E-state index in [9.17, 15) is 19.2 Å². The second-order valence-corrected chi connectivity index (χ2v) is 11.7. The van der Waals surface area contributed by atoms with Crippen LogP contribution in [-0.4, -0.2) is 38.1 Å². The lowest BCUT2D eigenvalue weighted by atomic mass is 10.0. The molecular weight excluding hydrogens is 656 g/mol. The molecule has 260 valence electrons. The first-order valence-electron chi connectivity index (χ1n) is 16.3. The van der Waals surface area contributed by atoms with Crippen molar-refractivity contribution in [3.63, 3.8) is 0 Å². The molecule has 6 aromatic rings. The van der Waals surface area contributed by atoms with Gasteiger partial charge in [-0.3, -0.25) is 0 Å². The Morgan fingerprint density at radius 2 is 0.673 bits per heavy atom. The van der Waals surface area contributed by atoms with E-state index < -0.39 is 23.9 Å². The van der Waals surface area contributed by atoms with Crippen molar-refractivity contribution in [2.75, 3.05) is 14.2 Å². The highest BCUT2D eigenvalue weighted by Crippen LogP contribution is 2.25. The molecule has 6 aromatic carbocycles. The lowest BCUT2D eigenvalue weighted by molar-refractivity contribution is 0.0591. The van der Waals surface area contributed by atoms with Crippen LogP contribution in [0.5, 0.6) is 11.5 Å². The number of carbonyl (C=O) groups is 4. The third-order valence-electron chi connectivity index (χ3n) is 7.96. The number of rotatable bonds is 8. The standard InChI is InChI=1S/2C22H18O4/c1-15-3-5-16(6-4-15)17-11-13-20(14-12-17)26-22(24)19-9-7-18(8-10-19)21(23)25-2;1-15-6-8-16(9-7-15)17-10-12-20(13-11-17)26-22(24)19-5-3-4-18(14-19)21(23)25-2/h2*3-14H,1-2H3. The largest absolute Gasteiger partial charge is 0.465 e. The second-order valence-electron chi connectivity index (χ2n) is 11.7. The highest BCUT2D eigenvalue weighted by molar-refractivity contribution is 5.96. The third kappa shape index (κ3) is 9.67. The lowest BCUT2D eigenvalue weighted by Crippen LogP contribution is -2.10. The van der Waals surface area contributed by atoms with Crippen LogP contribution < -0.4 is 9.47 Å². The summed E-state index contributed by atoms with van der Waals surface area (Å²) in [5.74, 6) is -1.06. The van der Waals surface area contributed by atoms with Gasteiger partial charge in [-0.2, -0.15) is 0 Å². The first-order chi connectivity index (χ1) is 25.1. The van der Waals surface area contributed by atoms with Crippen molar-refractivity contribution >= 4 is 23.9 Å². The SMILES string of the molecule is COC(=O)c1ccc(C(=O)Oc2ccc(-c3ccc(C)cc3)cc2)cc1.COC(=O)c1cccc(C(=O)Oc2ccc(-c3ccc(C)cc3)cc2)c1. The zero-order valence-electron chi connectivity index (χ0n) is 29.1. The number of benzene rings is 6.